The van der Waals surface area contributed by atoms with Gasteiger partial charge in [-0.25, -0.2) is 5.48 Å². The van der Waals surface area contributed by atoms with Gasteiger partial charge in [0.1, 0.15) is 0 Å². The second-order valence-electron chi connectivity index (χ2n) is 1.81. The largest absolute Gasteiger partial charge is 0.288 e. The lowest BCUT2D eigenvalue weighted by molar-refractivity contribution is 0.0706. The molecule has 0 atom stereocenters. The summed E-state index contributed by atoms with van der Waals surface area (Å²) in [4.78, 5) is 10.7. The quantitative estimate of drug-likeness (QED) is 0.473. The highest BCUT2D eigenvalue weighted by Gasteiger charge is 1.99. The lowest BCUT2D eigenvalue weighted by Crippen LogP contribution is -2.18. The molecule has 0 aliphatic carbocycles. The number of benzene rings is 1. The fraction of sp³-hybridized carbons (Fsp3) is 0.125. The zero-order valence-corrected chi connectivity index (χ0v) is 5.24. The van der Waals surface area contributed by atoms with E-state index in [-0.39, 0.29) is 7.43 Å². The van der Waals surface area contributed by atoms with E-state index < -0.39 is 5.91 Å². The lowest BCUT2D eigenvalue weighted by atomic mass is 10.2. The van der Waals surface area contributed by atoms with Gasteiger partial charge in [0.25, 0.3) is 5.91 Å². The van der Waals surface area contributed by atoms with Crippen LogP contribution in [0.5, 0.6) is 0 Å². The zero-order chi connectivity index (χ0) is 7.40. The van der Waals surface area contributed by atoms with Crippen LogP contribution in [0, 0.1) is 0 Å². The van der Waals surface area contributed by atoms with E-state index >= 15 is 0 Å². The van der Waals surface area contributed by atoms with Crippen molar-refractivity contribution in [2.75, 3.05) is 0 Å². The van der Waals surface area contributed by atoms with E-state index in [0.29, 0.717) is 5.56 Å². The number of hydrogen-bond acceptors (Lipinski definition) is 2. The predicted octanol–water partition coefficient (Wildman–Crippen LogP) is 1.44. The van der Waals surface area contributed by atoms with Crippen molar-refractivity contribution in [3.63, 3.8) is 0 Å². The first kappa shape index (κ1) is 9.65. The van der Waals surface area contributed by atoms with Gasteiger partial charge in [0.05, 0.1) is 0 Å². The maximum absolute atomic E-state index is 10.7. The van der Waals surface area contributed by atoms with Crippen LogP contribution >= 0.6 is 0 Å². The van der Waals surface area contributed by atoms with Crippen molar-refractivity contribution in [3.05, 3.63) is 35.9 Å². The Morgan fingerprint density at radius 2 is 1.82 bits per heavy atom. The molecular formula is C8H11NO2. The van der Waals surface area contributed by atoms with Crippen molar-refractivity contribution >= 4 is 5.91 Å². The average molecular weight is 153 g/mol. The van der Waals surface area contributed by atoms with Crippen LogP contribution in [0.2, 0.25) is 0 Å². The standard InChI is InChI=1S/C7H7NO2.CH4/c9-7(8-10)6-4-2-1-3-5-6;/h1-5,10H,(H,8,9);1H4. The Morgan fingerprint density at radius 1 is 1.27 bits per heavy atom. The molecule has 2 N–H and O–H groups in total. The molecule has 1 aromatic rings. The van der Waals surface area contributed by atoms with Gasteiger partial charge in [0.2, 0.25) is 0 Å². The number of carbonyl (C=O) groups is 1. The van der Waals surface area contributed by atoms with Crippen LogP contribution in [-0.4, -0.2) is 11.1 Å². The van der Waals surface area contributed by atoms with Gasteiger partial charge in [0.15, 0.2) is 0 Å². The summed E-state index contributed by atoms with van der Waals surface area (Å²) in [5.74, 6) is -0.486. The topological polar surface area (TPSA) is 49.3 Å². The minimum absolute atomic E-state index is 0. The summed E-state index contributed by atoms with van der Waals surface area (Å²) in [6.45, 7) is 0. The molecule has 0 aliphatic rings. The van der Waals surface area contributed by atoms with E-state index in [9.17, 15) is 4.79 Å². The van der Waals surface area contributed by atoms with Crippen LogP contribution in [0.15, 0.2) is 30.3 Å². The summed E-state index contributed by atoms with van der Waals surface area (Å²) >= 11 is 0. The number of carbonyl (C=O) groups excluding carboxylic acids is 1. The fourth-order valence-electron chi connectivity index (χ4n) is 0.654. The molecule has 0 heterocycles. The Labute approximate surface area is 65.6 Å². The first-order valence-corrected chi connectivity index (χ1v) is 2.84. The molecule has 0 bridgehead atoms. The van der Waals surface area contributed by atoms with Gasteiger partial charge in [0, 0.05) is 5.56 Å². The van der Waals surface area contributed by atoms with Gasteiger partial charge in [-0.3, -0.25) is 10.0 Å². The first-order valence-electron chi connectivity index (χ1n) is 2.84. The zero-order valence-electron chi connectivity index (χ0n) is 5.24. The van der Waals surface area contributed by atoms with Crippen LogP contribution in [0.3, 0.4) is 0 Å². The smallest absolute Gasteiger partial charge is 0.274 e. The molecule has 3 nitrogen and oxygen atoms in total. The van der Waals surface area contributed by atoms with Crippen molar-refractivity contribution < 1.29 is 10.0 Å². The van der Waals surface area contributed by atoms with E-state index in [1.165, 1.54) is 0 Å². The Hall–Kier alpha value is -1.35. The lowest BCUT2D eigenvalue weighted by Gasteiger charge is -1.94. The average Bonchev–Trinajstić information content (AvgIpc) is 2.05. The van der Waals surface area contributed by atoms with E-state index in [2.05, 4.69) is 0 Å². The van der Waals surface area contributed by atoms with Gasteiger partial charge >= 0.3 is 0 Å². The summed E-state index contributed by atoms with van der Waals surface area (Å²) in [7, 11) is 0. The molecule has 0 aliphatic heterocycles. The van der Waals surface area contributed by atoms with Gasteiger partial charge in [-0.2, -0.15) is 0 Å². The molecule has 1 aromatic carbocycles. The minimum atomic E-state index is -0.486. The SMILES string of the molecule is C.O=C(NO)c1ccccc1. The predicted molar refractivity (Wildman–Crippen MR) is 42.4 cm³/mol. The molecular weight excluding hydrogens is 142 g/mol. The van der Waals surface area contributed by atoms with E-state index in [4.69, 9.17) is 5.21 Å². The maximum atomic E-state index is 10.7. The number of amides is 1. The molecule has 3 heteroatoms. The van der Waals surface area contributed by atoms with Crippen molar-refractivity contribution in [1.82, 2.24) is 5.48 Å². The van der Waals surface area contributed by atoms with Crippen LogP contribution in [0.25, 0.3) is 0 Å². The van der Waals surface area contributed by atoms with Crippen LogP contribution < -0.4 is 5.48 Å². The highest BCUT2D eigenvalue weighted by atomic mass is 16.5. The van der Waals surface area contributed by atoms with E-state index in [1.807, 2.05) is 0 Å². The van der Waals surface area contributed by atoms with Crippen LogP contribution in [-0.2, 0) is 0 Å². The molecule has 0 aromatic heterocycles. The highest BCUT2D eigenvalue weighted by Crippen LogP contribution is 1.96. The van der Waals surface area contributed by atoms with Crippen molar-refractivity contribution in [2.24, 2.45) is 0 Å². The molecule has 1 amide bonds. The molecule has 0 saturated heterocycles. The Balaban J connectivity index is 0.000001000. The normalized spacial score (nSPS) is 8.09. The second kappa shape index (κ2) is 4.46. The maximum Gasteiger partial charge on any atom is 0.274 e. The molecule has 0 saturated carbocycles. The van der Waals surface area contributed by atoms with E-state index in [1.54, 1.807) is 35.8 Å². The number of hydrogen-bond donors (Lipinski definition) is 2. The summed E-state index contributed by atoms with van der Waals surface area (Å²) in [6.07, 6.45) is 0. The molecule has 0 spiro atoms. The fourth-order valence-corrected chi connectivity index (χ4v) is 0.654. The van der Waals surface area contributed by atoms with Crippen LogP contribution in [0.1, 0.15) is 17.8 Å². The highest BCUT2D eigenvalue weighted by molar-refractivity contribution is 5.93. The van der Waals surface area contributed by atoms with Crippen molar-refractivity contribution in [1.29, 1.82) is 0 Å². The molecule has 0 radical (unpaired) electrons. The monoisotopic (exact) mass is 153 g/mol. The number of rotatable bonds is 1. The Morgan fingerprint density at radius 3 is 2.27 bits per heavy atom. The van der Waals surface area contributed by atoms with Gasteiger partial charge in [-0.15, -0.1) is 0 Å². The summed E-state index contributed by atoms with van der Waals surface area (Å²) < 4.78 is 0. The Bertz CT molecular complexity index is 221. The third kappa shape index (κ3) is 2.39. The van der Waals surface area contributed by atoms with Gasteiger partial charge in [-0.05, 0) is 12.1 Å². The molecule has 0 unspecified atom stereocenters. The molecule has 11 heavy (non-hydrogen) atoms. The van der Waals surface area contributed by atoms with Crippen molar-refractivity contribution in [3.8, 4) is 0 Å². The number of hydroxylamine groups is 1. The summed E-state index contributed by atoms with van der Waals surface area (Å²) in [5, 5.41) is 8.19. The summed E-state index contributed by atoms with van der Waals surface area (Å²) in [6, 6.07) is 8.49. The van der Waals surface area contributed by atoms with Crippen molar-refractivity contribution in [2.45, 2.75) is 7.43 Å². The van der Waals surface area contributed by atoms with E-state index in [0.717, 1.165) is 0 Å². The Kier molecular flexibility index (Phi) is 3.92. The van der Waals surface area contributed by atoms with Crippen LogP contribution in [0.4, 0.5) is 0 Å². The van der Waals surface area contributed by atoms with Gasteiger partial charge < -0.3 is 0 Å². The number of nitrogens with one attached hydrogen (secondary N) is 1. The second-order valence-corrected chi connectivity index (χ2v) is 1.81. The molecule has 60 valence electrons. The third-order valence-electron chi connectivity index (χ3n) is 1.14. The summed E-state index contributed by atoms with van der Waals surface area (Å²) in [5.41, 5.74) is 1.99. The first-order chi connectivity index (χ1) is 4.84. The van der Waals surface area contributed by atoms with Gasteiger partial charge in [-0.1, -0.05) is 25.6 Å². The third-order valence-corrected chi connectivity index (χ3v) is 1.14. The molecule has 1 rings (SSSR count). The molecule has 0 fully saturated rings. The minimum Gasteiger partial charge on any atom is -0.288 e.